The van der Waals surface area contributed by atoms with Crippen LogP contribution in [0, 0.1) is 0 Å². The number of nitrogens with one attached hydrogen (secondary N) is 2. The van der Waals surface area contributed by atoms with Crippen molar-refractivity contribution in [1.29, 1.82) is 0 Å². The van der Waals surface area contributed by atoms with Gasteiger partial charge in [-0.05, 0) is 6.42 Å². The van der Waals surface area contributed by atoms with E-state index in [2.05, 4.69) is 10.6 Å². The molecule has 5 heteroatoms. The number of carbonyl (C=O) groups is 1. The predicted octanol–water partition coefficient (Wildman–Crippen LogP) is 0.155. The zero-order valence-electron chi connectivity index (χ0n) is 10.4. The van der Waals surface area contributed by atoms with Crippen LogP contribution < -0.4 is 10.6 Å². The van der Waals surface area contributed by atoms with Crippen molar-refractivity contribution in [3.05, 3.63) is 0 Å². The van der Waals surface area contributed by atoms with Gasteiger partial charge < -0.3 is 20.1 Å². The van der Waals surface area contributed by atoms with Crippen LogP contribution in [0.3, 0.4) is 0 Å². The van der Waals surface area contributed by atoms with Gasteiger partial charge in [-0.1, -0.05) is 6.92 Å². The topological polar surface area (TPSA) is 59.6 Å². The van der Waals surface area contributed by atoms with E-state index in [9.17, 15) is 4.79 Å². The van der Waals surface area contributed by atoms with Crippen molar-refractivity contribution >= 4 is 5.91 Å². The van der Waals surface area contributed by atoms with Gasteiger partial charge in [0, 0.05) is 39.8 Å². The van der Waals surface area contributed by atoms with Crippen LogP contribution >= 0.6 is 0 Å². The molecular formula is C11H24N2O3. The number of hydrogen-bond acceptors (Lipinski definition) is 4. The van der Waals surface area contributed by atoms with Crippen LogP contribution in [0.25, 0.3) is 0 Å². The number of methoxy groups -OCH3 is 1. The van der Waals surface area contributed by atoms with E-state index in [4.69, 9.17) is 9.47 Å². The summed E-state index contributed by atoms with van der Waals surface area (Å²) < 4.78 is 10.1. The summed E-state index contributed by atoms with van der Waals surface area (Å²) in [5.74, 6) is 0.0460. The minimum absolute atomic E-state index is 0.0460. The molecule has 0 aromatic carbocycles. The third kappa shape index (κ3) is 11.4. The standard InChI is InChI=1S/C11H24N2O3/c1-3-8-16-9-4-11(14)13-6-5-12-7-10-15-2/h12H,3-10H2,1-2H3,(H,13,14). The molecule has 0 saturated heterocycles. The summed E-state index contributed by atoms with van der Waals surface area (Å²) in [7, 11) is 1.67. The summed E-state index contributed by atoms with van der Waals surface area (Å²) in [5, 5.41) is 5.96. The van der Waals surface area contributed by atoms with Gasteiger partial charge in [-0.15, -0.1) is 0 Å². The van der Waals surface area contributed by atoms with Crippen LogP contribution in [-0.2, 0) is 14.3 Å². The van der Waals surface area contributed by atoms with Crippen molar-refractivity contribution in [2.75, 3.05) is 46.6 Å². The fourth-order valence-corrected chi connectivity index (χ4v) is 1.09. The highest BCUT2D eigenvalue weighted by Gasteiger charge is 1.99. The van der Waals surface area contributed by atoms with Gasteiger partial charge in [-0.25, -0.2) is 0 Å². The quantitative estimate of drug-likeness (QED) is 0.498. The molecule has 0 unspecified atom stereocenters. The Kier molecular flexibility index (Phi) is 11.9. The Morgan fingerprint density at radius 3 is 2.62 bits per heavy atom. The van der Waals surface area contributed by atoms with Gasteiger partial charge in [-0.3, -0.25) is 4.79 Å². The summed E-state index contributed by atoms with van der Waals surface area (Å²) in [6.45, 7) is 6.21. The van der Waals surface area contributed by atoms with Gasteiger partial charge in [-0.2, -0.15) is 0 Å². The molecule has 0 bridgehead atoms. The molecule has 0 heterocycles. The van der Waals surface area contributed by atoms with E-state index >= 15 is 0 Å². The first-order chi connectivity index (χ1) is 7.81. The lowest BCUT2D eigenvalue weighted by atomic mass is 10.4. The third-order valence-corrected chi connectivity index (χ3v) is 1.93. The molecule has 16 heavy (non-hydrogen) atoms. The maximum absolute atomic E-state index is 11.3. The van der Waals surface area contributed by atoms with Gasteiger partial charge in [0.25, 0.3) is 0 Å². The summed E-state index contributed by atoms with van der Waals surface area (Å²) in [4.78, 5) is 11.3. The second-order valence-electron chi connectivity index (χ2n) is 3.46. The van der Waals surface area contributed by atoms with E-state index in [-0.39, 0.29) is 5.91 Å². The molecule has 0 fully saturated rings. The smallest absolute Gasteiger partial charge is 0.222 e. The van der Waals surface area contributed by atoms with E-state index < -0.39 is 0 Å². The lowest BCUT2D eigenvalue weighted by Gasteiger charge is -2.06. The summed E-state index contributed by atoms with van der Waals surface area (Å²) in [5.41, 5.74) is 0. The summed E-state index contributed by atoms with van der Waals surface area (Å²) in [6, 6.07) is 0. The highest BCUT2D eigenvalue weighted by atomic mass is 16.5. The number of ether oxygens (including phenoxy) is 2. The normalized spacial score (nSPS) is 10.4. The molecule has 0 aromatic rings. The first-order valence-electron chi connectivity index (χ1n) is 5.85. The van der Waals surface area contributed by atoms with Crippen LogP contribution in [0.2, 0.25) is 0 Å². The Morgan fingerprint density at radius 2 is 1.94 bits per heavy atom. The molecule has 0 aliphatic carbocycles. The molecule has 5 nitrogen and oxygen atoms in total. The average Bonchev–Trinajstić information content (AvgIpc) is 2.29. The van der Waals surface area contributed by atoms with Crippen molar-refractivity contribution in [3.8, 4) is 0 Å². The first kappa shape index (κ1) is 15.3. The highest BCUT2D eigenvalue weighted by molar-refractivity contribution is 5.75. The number of rotatable bonds is 11. The zero-order chi connectivity index (χ0) is 12.1. The first-order valence-corrected chi connectivity index (χ1v) is 5.85. The van der Waals surface area contributed by atoms with Crippen molar-refractivity contribution in [1.82, 2.24) is 10.6 Å². The molecule has 96 valence electrons. The van der Waals surface area contributed by atoms with E-state index in [1.165, 1.54) is 0 Å². The van der Waals surface area contributed by atoms with Crippen LogP contribution in [0.5, 0.6) is 0 Å². The van der Waals surface area contributed by atoms with Gasteiger partial charge in [0.15, 0.2) is 0 Å². The van der Waals surface area contributed by atoms with Crippen LogP contribution in [0.1, 0.15) is 19.8 Å². The van der Waals surface area contributed by atoms with E-state index in [1.54, 1.807) is 7.11 Å². The molecule has 0 rings (SSSR count). The molecule has 0 aromatic heterocycles. The highest BCUT2D eigenvalue weighted by Crippen LogP contribution is 1.85. The molecule has 0 radical (unpaired) electrons. The van der Waals surface area contributed by atoms with Gasteiger partial charge in [0.1, 0.15) is 0 Å². The maximum atomic E-state index is 11.3. The summed E-state index contributed by atoms with van der Waals surface area (Å²) in [6.07, 6.45) is 1.43. The SMILES string of the molecule is CCCOCCC(=O)NCCNCCOC. The zero-order valence-corrected chi connectivity index (χ0v) is 10.4. The predicted molar refractivity (Wildman–Crippen MR) is 63.5 cm³/mol. The fourth-order valence-electron chi connectivity index (χ4n) is 1.09. The van der Waals surface area contributed by atoms with E-state index in [1.807, 2.05) is 6.92 Å². The van der Waals surface area contributed by atoms with Crippen LogP contribution in [-0.4, -0.2) is 52.5 Å². The fraction of sp³-hybridized carbons (Fsp3) is 0.909. The number of amides is 1. The van der Waals surface area contributed by atoms with Gasteiger partial charge >= 0.3 is 0 Å². The molecule has 0 spiro atoms. The van der Waals surface area contributed by atoms with Crippen molar-refractivity contribution < 1.29 is 14.3 Å². The van der Waals surface area contributed by atoms with E-state index in [0.29, 0.717) is 26.2 Å². The molecular weight excluding hydrogens is 208 g/mol. The van der Waals surface area contributed by atoms with Gasteiger partial charge in [0.2, 0.25) is 5.91 Å². The second kappa shape index (κ2) is 12.4. The second-order valence-corrected chi connectivity index (χ2v) is 3.46. The Labute approximate surface area is 97.9 Å². The van der Waals surface area contributed by atoms with Crippen molar-refractivity contribution in [2.24, 2.45) is 0 Å². The van der Waals surface area contributed by atoms with Crippen molar-refractivity contribution in [2.45, 2.75) is 19.8 Å². The lowest BCUT2D eigenvalue weighted by Crippen LogP contribution is -2.33. The van der Waals surface area contributed by atoms with E-state index in [0.717, 1.165) is 26.1 Å². The maximum Gasteiger partial charge on any atom is 0.222 e. The lowest BCUT2D eigenvalue weighted by molar-refractivity contribution is -0.122. The molecule has 2 N–H and O–H groups in total. The molecule has 0 atom stereocenters. The molecule has 0 saturated carbocycles. The minimum atomic E-state index is 0.0460. The number of hydrogen-bond donors (Lipinski definition) is 2. The monoisotopic (exact) mass is 232 g/mol. The largest absolute Gasteiger partial charge is 0.383 e. The Hall–Kier alpha value is -0.650. The van der Waals surface area contributed by atoms with Crippen LogP contribution in [0.15, 0.2) is 0 Å². The average molecular weight is 232 g/mol. The third-order valence-electron chi connectivity index (χ3n) is 1.93. The van der Waals surface area contributed by atoms with Crippen LogP contribution in [0.4, 0.5) is 0 Å². The summed E-state index contributed by atoms with van der Waals surface area (Å²) >= 11 is 0. The van der Waals surface area contributed by atoms with Crippen molar-refractivity contribution in [3.63, 3.8) is 0 Å². The molecule has 1 amide bonds. The Balaban J connectivity index is 3.11. The minimum Gasteiger partial charge on any atom is -0.383 e. The van der Waals surface area contributed by atoms with Gasteiger partial charge in [0.05, 0.1) is 13.2 Å². The Morgan fingerprint density at radius 1 is 1.12 bits per heavy atom. The Bertz CT molecular complexity index is 165. The molecule has 0 aliphatic rings. The number of carbonyl (C=O) groups excluding carboxylic acids is 1. The molecule has 0 aliphatic heterocycles.